The lowest BCUT2D eigenvalue weighted by Gasteiger charge is -1.91. The van der Waals surface area contributed by atoms with Crippen LogP contribution < -0.4 is 0 Å². The number of fused-ring (bicyclic) bond motifs is 3. The zero-order valence-electron chi connectivity index (χ0n) is 8.03. The molecule has 0 aliphatic heterocycles. The molecule has 1 heterocycles. The molecule has 1 aromatic heterocycles. The van der Waals surface area contributed by atoms with Gasteiger partial charge in [-0.2, -0.15) is 0 Å². The van der Waals surface area contributed by atoms with Crippen molar-refractivity contribution in [2.75, 3.05) is 0 Å². The predicted octanol–water partition coefficient (Wildman–Crippen LogP) is 3.13. The number of hydrogen-bond donors (Lipinski definition) is 1. The first-order valence-corrected chi connectivity index (χ1v) is 4.84. The van der Waals surface area contributed by atoms with E-state index in [1.807, 2.05) is 36.4 Å². The molecule has 1 N–H and O–H groups in total. The molecule has 0 atom stereocenters. The summed E-state index contributed by atoms with van der Waals surface area (Å²) in [5, 5.41) is 2.36. The van der Waals surface area contributed by atoms with E-state index in [2.05, 4.69) is 11.1 Å². The summed E-state index contributed by atoms with van der Waals surface area (Å²) in [6, 6.07) is 13.8. The standard InChI is InChI=1S/C13H9NO/c15-8-9-5-6-11-10-3-1-2-4-12(10)14-13(11)7-9/h1-8,14H. The van der Waals surface area contributed by atoms with Crippen molar-refractivity contribution in [1.82, 2.24) is 4.98 Å². The highest BCUT2D eigenvalue weighted by molar-refractivity contribution is 6.08. The molecular weight excluding hydrogens is 186 g/mol. The van der Waals surface area contributed by atoms with Crippen LogP contribution in [0.1, 0.15) is 10.4 Å². The molecule has 0 radical (unpaired) electrons. The van der Waals surface area contributed by atoms with Crippen LogP contribution in [0.4, 0.5) is 0 Å². The fraction of sp³-hybridized carbons (Fsp3) is 0. The molecule has 0 saturated carbocycles. The van der Waals surface area contributed by atoms with Gasteiger partial charge >= 0.3 is 0 Å². The molecule has 0 aliphatic rings. The second kappa shape index (κ2) is 2.95. The topological polar surface area (TPSA) is 32.9 Å². The number of aromatic nitrogens is 1. The van der Waals surface area contributed by atoms with Gasteiger partial charge in [0.05, 0.1) is 0 Å². The van der Waals surface area contributed by atoms with Crippen molar-refractivity contribution in [2.24, 2.45) is 0 Å². The van der Waals surface area contributed by atoms with Gasteiger partial charge in [0.15, 0.2) is 0 Å². The second-order valence-corrected chi connectivity index (χ2v) is 3.59. The Morgan fingerprint density at radius 1 is 0.933 bits per heavy atom. The summed E-state index contributed by atoms with van der Waals surface area (Å²) < 4.78 is 0. The van der Waals surface area contributed by atoms with E-state index in [0.717, 1.165) is 22.7 Å². The van der Waals surface area contributed by atoms with Gasteiger partial charge in [-0.1, -0.05) is 30.3 Å². The fourth-order valence-electron chi connectivity index (χ4n) is 1.95. The molecule has 2 nitrogen and oxygen atoms in total. The third kappa shape index (κ3) is 1.15. The quantitative estimate of drug-likeness (QED) is 0.594. The third-order valence-electron chi connectivity index (χ3n) is 2.67. The Labute approximate surface area is 86.5 Å². The van der Waals surface area contributed by atoms with Crippen molar-refractivity contribution in [1.29, 1.82) is 0 Å². The van der Waals surface area contributed by atoms with Crippen molar-refractivity contribution in [3.05, 3.63) is 48.0 Å². The Bertz CT molecular complexity index is 652. The number of rotatable bonds is 1. The lowest BCUT2D eigenvalue weighted by Crippen LogP contribution is -1.77. The van der Waals surface area contributed by atoms with E-state index in [4.69, 9.17) is 0 Å². The van der Waals surface area contributed by atoms with Crippen molar-refractivity contribution in [3.8, 4) is 0 Å². The summed E-state index contributed by atoms with van der Waals surface area (Å²) in [6.45, 7) is 0. The summed E-state index contributed by atoms with van der Waals surface area (Å²) in [4.78, 5) is 13.9. The van der Waals surface area contributed by atoms with Gasteiger partial charge < -0.3 is 4.98 Å². The van der Waals surface area contributed by atoms with E-state index in [9.17, 15) is 4.79 Å². The minimum Gasteiger partial charge on any atom is -0.354 e. The Kier molecular flexibility index (Phi) is 1.62. The van der Waals surface area contributed by atoms with Gasteiger partial charge in [0, 0.05) is 27.4 Å². The third-order valence-corrected chi connectivity index (χ3v) is 2.67. The molecule has 2 heteroatoms. The maximum Gasteiger partial charge on any atom is 0.150 e. The summed E-state index contributed by atoms with van der Waals surface area (Å²) in [7, 11) is 0. The van der Waals surface area contributed by atoms with E-state index in [1.54, 1.807) is 0 Å². The molecule has 0 spiro atoms. The monoisotopic (exact) mass is 195 g/mol. The van der Waals surface area contributed by atoms with Crippen molar-refractivity contribution >= 4 is 28.1 Å². The molecule has 0 fully saturated rings. The molecule has 2 aromatic carbocycles. The summed E-state index contributed by atoms with van der Waals surface area (Å²) >= 11 is 0. The zero-order valence-corrected chi connectivity index (χ0v) is 8.03. The zero-order chi connectivity index (χ0) is 10.3. The van der Waals surface area contributed by atoms with Gasteiger partial charge in [0.1, 0.15) is 6.29 Å². The minimum atomic E-state index is 0.703. The van der Waals surface area contributed by atoms with Crippen LogP contribution in [-0.4, -0.2) is 11.3 Å². The lowest BCUT2D eigenvalue weighted by atomic mass is 10.1. The molecule has 0 amide bonds. The number of nitrogens with one attached hydrogen (secondary N) is 1. The molecule has 72 valence electrons. The molecule has 3 aromatic rings. The predicted molar refractivity (Wildman–Crippen MR) is 61.2 cm³/mol. The Balaban J connectivity index is 2.48. The minimum absolute atomic E-state index is 0.703. The number of benzene rings is 2. The number of aldehydes is 1. The van der Waals surface area contributed by atoms with Gasteiger partial charge in [0.2, 0.25) is 0 Å². The van der Waals surface area contributed by atoms with Crippen molar-refractivity contribution < 1.29 is 4.79 Å². The largest absolute Gasteiger partial charge is 0.354 e. The second-order valence-electron chi connectivity index (χ2n) is 3.59. The molecule has 0 aliphatic carbocycles. The van der Waals surface area contributed by atoms with Crippen molar-refractivity contribution in [3.63, 3.8) is 0 Å². The lowest BCUT2D eigenvalue weighted by molar-refractivity contribution is 0.112. The van der Waals surface area contributed by atoms with E-state index in [-0.39, 0.29) is 0 Å². The number of aromatic amines is 1. The van der Waals surface area contributed by atoms with Crippen LogP contribution in [0.5, 0.6) is 0 Å². The molecule has 0 unspecified atom stereocenters. The Morgan fingerprint density at radius 3 is 2.60 bits per heavy atom. The maximum absolute atomic E-state index is 10.7. The van der Waals surface area contributed by atoms with Crippen molar-refractivity contribution in [2.45, 2.75) is 0 Å². The highest BCUT2D eigenvalue weighted by atomic mass is 16.1. The van der Waals surface area contributed by atoms with E-state index in [0.29, 0.717) is 5.56 Å². The smallest absolute Gasteiger partial charge is 0.150 e. The molecular formula is C13H9NO. The average molecular weight is 195 g/mol. The summed E-state index contributed by atoms with van der Waals surface area (Å²) in [5.74, 6) is 0. The van der Waals surface area contributed by atoms with Crippen LogP contribution >= 0.6 is 0 Å². The van der Waals surface area contributed by atoms with Crippen LogP contribution in [0.3, 0.4) is 0 Å². The molecule has 3 rings (SSSR count). The number of carbonyl (C=O) groups excluding carboxylic acids is 1. The van der Waals surface area contributed by atoms with Gasteiger partial charge in [-0.3, -0.25) is 4.79 Å². The first kappa shape index (κ1) is 8.24. The van der Waals surface area contributed by atoms with Crippen LogP contribution in [0.2, 0.25) is 0 Å². The van der Waals surface area contributed by atoms with Gasteiger partial charge in [-0.05, 0) is 12.1 Å². The van der Waals surface area contributed by atoms with E-state index < -0.39 is 0 Å². The summed E-state index contributed by atoms with van der Waals surface area (Å²) in [5.41, 5.74) is 2.82. The van der Waals surface area contributed by atoms with Crippen LogP contribution in [0.15, 0.2) is 42.5 Å². The summed E-state index contributed by atoms with van der Waals surface area (Å²) in [6.07, 6.45) is 0.866. The highest BCUT2D eigenvalue weighted by Crippen LogP contribution is 2.25. The number of H-pyrrole nitrogens is 1. The fourth-order valence-corrected chi connectivity index (χ4v) is 1.95. The number of hydrogen-bond acceptors (Lipinski definition) is 1. The maximum atomic E-state index is 10.7. The highest BCUT2D eigenvalue weighted by Gasteiger charge is 2.03. The van der Waals surface area contributed by atoms with E-state index >= 15 is 0 Å². The first-order valence-electron chi connectivity index (χ1n) is 4.84. The van der Waals surface area contributed by atoms with Crippen LogP contribution in [0.25, 0.3) is 21.8 Å². The van der Waals surface area contributed by atoms with Gasteiger partial charge in [-0.25, -0.2) is 0 Å². The van der Waals surface area contributed by atoms with Gasteiger partial charge in [0.25, 0.3) is 0 Å². The molecule has 0 saturated heterocycles. The Hall–Kier alpha value is -2.09. The van der Waals surface area contributed by atoms with Gasteiger partial charge in [-0.15, -0.1) is 0 Å². The SMILES string of the molecule is O=Cc1ccc2c(c1)[nH]c1ccccc12. The van der Waals surface area contributed by atoms with Crippen LogP contribution in [0, 0.1) is 0 Å². The number of carbonyl (C=O) groups is 1. The molecule has 0 bridgehead atoms. The van der Waals surface area contributed by atoms with E-state index in [1.165, 1.54) is 5.39 Å². The van der Waals surface area contributed by atoms with Crippen LogP contribution in [-0.2, 0) is 0 Å². The number of para-hydroxylation sites is 1. The first-order chi connectivity index (χ1) is 7.38. The average Bonchev–Trinajstić information content (AvgIpc) is 2.66. The molecule has 15 heavy (non-hydrogen) atoms. The Morgan fingerprint density at radius 2 is 1.73 bits per heavy atom. The normalized spacial score (nSPS) is 10.9.